The Labute approximate surface area is 70.3 Å². The average molecular weight is 174 g/mol. The van der Waals surface area contributed by atoms with E-state index in [0.29, 0.717) is 6.54 Å². The van der Waals surface area contributed by atoms with Crippen LogP contribution in [0.5, 0.6) is 0 Å². The Balaban J connectivity index is 0.000000261. The van der Waals surface area contributed by atoms with Gasteiger partial charge in [0.05, 0.1) is 6.54 Å². The van der Waals surface area contributed by atoms with Crippen LogP contribution in [0.25, 0.3) is 0 Å². The second kappa shape index (κ2) is 4.86. The summed E-state index contributed by atoms with van der Waals surface area (Å²) in [4.78, 5) is 15.9. The first-order chi connectivity index (χ1) is 5.43. The number of aliphatic imine (C=N–C) groups is 1. The molecule has 0 atom stereocenters. The summed E-state index contributed by atoms with van der Waals surface area (Å²) >= 11 is 0. The van der Waals surface area contributed by atoms with E-state index in [0.717, 1.165) is 5.84 Å². The van der Waals surface area contributed by atoms with Crippen molar-refractivity contribution in [3.05, 3.63) is 0 Å². The van der Waals surface area contributed by atoms with Crippen LogP contribution in [0.15, 0.2) is 4.99 Å². The lowest BCUT2D eigenvalue weighted by molar-refractivity contribution is -0.116. The minimum Gasteiger partial charge on any atom is -0.402 e. The fraction of sp³-hybridized carbons (Fsp3) is 0.600. The standard InChI is InChI=1S/C5H8N2O.BH3O3/c1-4-6-5(8)3-7(4)2;2-1(3)4/h3H2,1-2H3;2-4H. The minimum atomic E-state index is -2.17. The molecule has 1 aliphatic heterocycles. The SMILES string of the molecule is CC1=NC(=O)CN1C.OB(O)O. The van der Waals surface area contributed by atoms with E-state index in [1.807, 2.05) is 18.9 Å². The molecule has 0 spiro atoms. The highest BCUT2D eigenvalue weighted by atomic mass is 16.5. The van der Waals surface area contributed by atoms with Crippen LogP contribution < -0.4 is 0 Å². The second-order valence-corrected chi connectivity index (χ2v) is 2.26. The second-order valence-electron chi connectivity index (χ2n) is 2.26. The maximum Gasteiger partial charge on any atom is 0.631 e. The van der Waals surface area contributed by atoms with Crippen molar-refractivity contribution in [2.24, 2.45) is 4.99 Å². The highest BCUT2D eigenvalue weighted by molar-refractivity contribution is 6.30. The molecule has 68 valence electrons. The van der Waals surface area contributed by atoms with E-state index in [1.165, 1.54) is 0 Å². The molecular formula is C5H11BN2O4. The van der Waals surface area contributed by atoms with E-state index < -0.39 is 7.32 Å². The van der Waals surface area contributed by atoms with Crippen LogP contribution in [0, 0.1) is 0 Å². The summed E-state index contributed by atoms with van der Waals surface area (Å²) < 4.78 is 0. The van der Waals surface area contributed by atoms with Crippen LogP contribution in [-0.2, 0) is 4.79 Å². The van der Waals surface area contributed by atoms with Gasteiger partial charge >= 0.3 is 7.32 Å². The van der Waals surface area contributed by atoms with Crippen LogP contribution in [0.1, 0.15) is 6.92 Å². The zero-order valence-corrected chi connectivity index (χ0v) is 6.93. The van der Waals surface area contributed by atoms with Crippen molar-refractivity contribution in [3.8, 4) is 0 Å². The molecular weight excluding hydrogens is 163 g/mol. The van der Waals surface area contributed by atoms with Crippen molar-refractivity contribution in [3.63, 3.8) is 0 Å². The Morgan fingerprint density at radius 3 is 2.00 bits per heavy atom. The maximum atomic E-state index is 10.4. The Hall–Kier alpha value is -0.915. The summed E-state index contributed by atoms with van der Waals surface area (Å²) in [5.74, 6) is 0.778. The average Bonchev–Trinajstić information content (AvgIpc) is 2.08. The first-order valence-corrected chi connectivity index (χ1v) is 3.27. The summed E-state index contributed by atoms with van der Waals surface area (Å²) in [6.07, 6.45) is 0. The van der Waals surface area contributed by atoms with Gasteiger partial charge in [0.25, 0.3) is 5.91 Å². The van der Waals surface area contributed by atoms with E-state index in [4.69, 9.17) is 15.1 Å². The summed E-state index contributed by atoms with van der Waals surface area (Å²) in [7, 11) is -0.316. The van der Waals surface area contributed by atoms with Crippen LogP contribution >= 0.6 is 0 Å². The van der Waals surface area contributed by atoms with Gasteiger partial charge in [0.2, 0.25) is 0 Å². The van der Waals surface area contributed by atoms with E-state index >= 15 is 0 Å². The molecule has 3 N–H and O–H groups in total. The van der Waals surface area contributed by atoms with E-state index in [2.05, 4.69) is 4.99 Å². The van der Waals surface area contributed by atoms with Crippen molar-refractivity contribution in [1.29, 1.82) is 0 Å². The number of amidine groups is 1. The van der Waals surface area contributed by atoms with E-state index in [1.54, 1.807) is 0 Å². The first kappa shape index (κ1) is 11.1. The molecule has 0 saturated heterocycles. The van der Waals surface area contributed by atoms with Crippen LogP contribution in [0.2, 0.25) is 0 Å². The van der Waals surface area contributed by atoms with Crippen molar-refractivity contribution >= 4 is 19.1 Å². The van der Waals surface area contributed by atoms with Crippen LogP contribution in [0.3, 0.4) is 0 Å². The molecule has 7 heteroatoms. The summed E-state index contributed by atoms with van der Waals surface area (Å²) in [6.45, 7) is 2.27. The van der Waals surface area contributed by atoms with Crippen LogP contribution in [0.4, 0.5) is 0 Å². The lowest BCUT2D eigenvalue weighted by Crippen LogP contribution is -2.20. The number of carbonyl (C=O) groups is 1. The van der Waals surface area contributed by atoms with E-state index in [-0.39, 0.29) is 5.91 Å². The Bertz CT molecular complexity index is 191. The monoisotopic (exact) mass is 174 g/mol. The zero-order chi connectivity index (χ0) is 9.72. The largest absolute Gasteiger partial charge is 0.631 e. The molecule has 12 heavy (non-hydrogen) atoms. The summed E-state index contributed by atoms with van der Waals surface area (Å²) in [6, 6.07) is 0. The predicted molar refractivity (Wildman–Crippen MR) is 43.2 cm³/mol. The lowest BCUT2D eigenvalue weighted by atomic mass is 10.3. The number of rotatable bonds is 0. The summed E-state index contributed by atoms with van der Waals surface area (Å²) in [5.41, 5.74) is 0. The van der Waals surface area contributed by atoms with Gasteiger partial charge in [-0.1, -0.05) is 0 Å². The Morgan fingerprint density at radius 2 is 1.92 bits per heavy atom. The van der Waals surface area contributed by atoms with Crippen LogP contribution in [-0.4, -0.2) is 52.6 Å². The highest BCUT2D eigenvalue weighted by Crippen LogP contribution is 1.96. The predicted octanol–water partition coefficient (Wildman–Crippen LogP) is -2.17. The third kappa shape index (κ3) is 4.83. The molecule has 0 aliphatic carbocycles. The van der Waals surface area contributed by atoms with E-state index in [9.17, 15) is 4.79 Å². The molecule has 0 aromatic heterocycles. The number of hydrogen-bond acceptors (Lipinski definition) is 5. The van der Waals surface area contributed by atoms with Gasteiger partial charge in [-0.3, -0.25) is 4.79 Å². The molecule has 1 amide bonds. The van der Waals surface area contributed by atoms with Gasteiger partial charge in [-0.2, -0.15) is 4.99 Å². The first-order valence-electron chi connectivity index (χ1n) is 3.27. The van der Waals surface area contributed by atoms with Crippen molar-refractivity contribution in [2.75, 3.05) is 13.6 Å². The van der Waals surface area contributed by atoms with Gasteiger partial charge < -0.3 is 20.0 Å². The lowest BCUT2D eigenvalue weighted by Gasteiger charge is -2.05. The molecule has 1 aliphatic rings. The zero-order valence-electron chi connectivity index (χ0n) is 6.93. The quantitative estimate of drug-likeness (QED) is 0.363. The van der Waals surface area contributed by atoms with Gasteiger partial charge in [-0.05, 0) is 6.92 Å². The van der Waals surface area contributed by atoms with Crippen molar-refractivity contribution in [2.45, 2.75) is 6.92 Å². The van der Waals surface area contributed by atoms with Crippen molar-refractivity contribution < 1.29 is 19.9 Å². The van der Waals surface area contributed by atoms with Gasteiger partial charge in [0.15, 0.2) is 0 Å². The molecule has 1 rings (SSSR count). The normalized spacial score (nSPS) is 15.2. The molecule has 0 aromatic rings. The Morgan fingerprint density at radius 1 is 1.50 bits per heavy atom. The molecule has 1 heterocycles. The number of nitrogens with zero attached hydrogens (tertiary/aromatic N) is 2. The third-order valence-electron chi connectivity index (χ3n) is 1.21. The number of amides is 1. The molecule has 0 radical (unpaired) electrons. The third-order valence-corrected chi connectivity index (χ3v) is 1.21. The molecule has 0 unspecified atom stereocenters. The van der Waals surface area contributed by atoms with Crippen molar-refractivity contribution in [1.82, 2.24) is 4.90 Å². The minimum absolute atomic E-state index is 0.0370. The molecule has 0 fully saturated rings. The molecule has 6 nitrogen and oxygen atoms in total. The number of hydrogen-bond donors (Lipinski definition) is 3. The number of likely N-dealkylation sites (N-methyl/N-ethyl adjacent to an activating group) is 1. The van der Waals surface area contributed by atoms with Gasteiger partial charge in [0.1, 0.15) is 5.84 Å². The number of carbonyl (C=O) groups excluding carboxylic acids is 1. The molecule has 0 aromatic carbocycles. The fourth-order valence-electron chi connectivity index (χ4n) is 0.618. The molecule has 0 bridgehead atoms. The fourth-order valence-corrected chi connectivity index (χ4v) is 0.618. The topological polar surface area (TPSA) is 93.4 Å². The maximum absolute atomic E-state index is 10.4. The Kier molecular flexibility index (Phi) is 4.49. The van der Waals surface area contributed by atoms with Gasteiger partial charge in [0, 0.05) is 7.05 Å². The highest BCUT2D eigenvalue weighted by Gasteiger charge is 2.13. The van der Waals surface area contributed by atoms with Gasteiger partial charge in [-0.15, -0.1) is 0 Å². The van der Waals surface area contributed by atoms with Gasteiger partial charge in [-0.25, -0.2) is 0 Å². The molecule has 0 saturated carbocycles. The smallest absolute Gasteiger partial charge is 0.402 e. The summed E-state index contributed by atoms with van der Waals surface area (Å²) in [5, 5.41) is 21.5.